The Labute approximate surface area is 171 Å². The Kier molecular flexibility index (Phi) is 6.63. The molecular formula is C24H25N3O2. The van der Waals surface area contributed by atoms with Gasteiger partial charge in [-0.15, -0.1) is 0 Å². The van der Waals surface area contributed by atoms with E-state index in [0.717, 1.165) is 22.4 Å². The van der Waals surface area contributed by atoms with Crippen molar-refractivity contribution < 1.29 is 9.59 Å². The molecule has 0 aliphatic heterocycles. The topological polar surface area (TPSA) is 61.4 Å². The first-order valence-electron chi connectivity index (χ1n) is 9.52. The fourth-order valence-electron chi connectivity index (χ4n) is 2.97. The van der Waals surface area contributed by atoms with E-state index in [2.05, 4.69) is 10.6 Å². The molecule has 0 atom stereocenters. The maximum absolute atomic E-state index is 12.5. The predicted octanol–water partition coefficient (Wildman–Crippen LogP) is 4.52. The highest BCUT2D eigenvalue weighted by Crippen LogP contribution is 2.15. The van der Waals surface area contributed by atoms with Crippen LogP contribution in [0.2, 0.25) is 0 Å². The average Bonchev–Trinajstić information content (AvgIpc) is 2.74. The number of carbonyl (C=O) groups excluding carboxylic acids is 2. The molecule has 0 spiro atoms. The second kappa shape index (κ2) is 9.55. The van der Waals surface area contributed by atoms with Gasteiger partial charge >= 0.3 is 6.03 Å². The Balaban J connectivity index is 1.50. The van der Waals surface area contributed by atoms with E-state index in [0.29, 0.717) is 18.7 Å². The van der Waals surface area contributed by atoms with Crippen molar-refractivity contribution in [1.29, 1.82) is 0 Å². The number of hydrogen-bond donors (Lipinski definition) is 2. The third-order valence-electron chi connectivity index (χ3n) is 4.62. The summed E-state index contributed by atoms with van der Waals surface area (Å²) in [5.41, 5.74) is 4.65. The van der Waals surface area contributed by atoms with Crippen molar-refractivity contribution in [3.05, 3.63) is 95.6 Å². The van der Waals surface area contributed by atoms with Gasteiger partial charge in [0.05, 0.1) is 6.42 Å². The number of benzene rings is 3. The maximum atomic E-state index is 12.5. The number of amides is 3. The van der Waals surface area contributed by atoms with Crippen LogP contribution in [0, 0.1) is 6.92 Å². The molecule has 148 valence electrons. The van der Waals surface area contributed by atoms with Gasteiger partial charge in [-0.05, 0) is 42.3 Å². The summed E-state index contributed by atoms with van der Waals surface area (Å²) < 4.78 is 0. The summed E-state index contributed by atoms with van der Waals surface area (Å²) in [6.45, 7) is 2.49. The Bertz CT molecular complexity index is 969. The molecule has 0 heterocycles. The molecule has 0 saturated carbocycles. The summed E-state index contributed by atoms with van der Waals surface area (Å²) in [5, 5.41) is 5.65. The number of aryl methyl sites for hydroxylation is 1. The lowest BCUT2D eigenvalue weighted by Gasteiger charge is -2.17. The number of para-hydroxylation sites is 1. The van der Waals surface area contributed by atoms with E-state index in [1.54, 1.807) is 24.1 Å². The lowest BCUT2D eigenvalue weighted by molar-refractivity contribution is -0.117. The number of rotatable bonds is 6. The van der Waals surface area contributed by atoms with E-state index < -0.39 is 0 Å². The molecule has 0 aliphatic rings. The Morgan fingerprint density at radius 3 is 2.28 bits per heavy atom. The van der Waals surface area contributed by atoms with Gasteiger partial charge in [-0.25, -0.2) is 4.79 Å². The molecule has 0 unspecified atom stereocenters. The van der Waals surface area contributed by atoms with Crippen LogP contribution >= 0.6 is 0 Å². The first kappa shape index (κ1) is 20.1. The van der Waals surface area contributed by atoms with Crippen LogP contribution in [-0.2, 0) is 17.8 Å². The minimum atomic E-state index is -0.265. The SMILES string of the molecule is Cc1cccc(CNC(=O)Nc2ccc(CC(=O)N(C)c3ccccc3)cc2)c1. The third-order valence-corrected chi connectivity index (χ3v) is 4.62. The summed E-state index contributed by atoms with van der Waals surface area (Å²) >= 11 is 0. The normalized spacial score (nSPS) is 10.3. The van der Waals surface area contributed by atoms with Crippen LogP contribution in [0.4, 0.5) is 16.2 Å². The zero-order valence-corrected chi connectivity index (χ0v) is 16.7. The number of anilines is 2. The van der Waals surface area contributed by atoms with Crippen LogP contribution in [-0.4, -0.2) is 19.0 Å². The van der Waals surface area contributed by atoms with Gasteiger partial charge < -0.3 is 15.5 Å². The number of nitrogens with one attached hydrogen (secondary N) is 2. The molecule has 5 nitrogen and oxygen atoms in total. The molecule has 3 rings (SSSR count). The number of likely N-dealkylation sites (N-methyl/N-ethyl adjacent to an activating group) is 1. The lowest BCUT2D eigenvalue weighted by atomic mass is 10.1. The standard InChI is InChI=1S/C24H25N3O2/c1-18-7-6-8-20(15-18)17-25-24(29)26-21-13-11-19(12-14-21)16-23(28)27(2)22-9-4-3-5-10-22/h3-15H,16-17H2,1-2H3,(H2,25,26,29). The van der Waals surface area contributed by atoms with E-state index in [4.69, 9.17) is 0 Å². The molecule has 3 aromatic carbocycles. The summed E-state index contributed by atoms with van der Waals surface area (Å²) in [7, 11) is 1.77. The smallest absolute Gasteiger partial charge is 0.319 e. The monoisotopic (exact) mass is 387 g/mol. The summed E-state index contributed by atoms with van der Waals surface area (Å²) in [6, 6.07) is 24.6. The molecule has 0 radical (unpaired) electrons. The first-order chi connectivity index (χ1) is 14.0. The van der Waals surface area contributed by atoms with Crippen molar-refractivity contribution >= 4 is 23.3 Å². The van der Waals surface area contributed by atoms with E-state index >= 15 is 0 Å². The van der Waals surface area contributed by atoms with Gasteiger partial charge in [0, 0.05) is 25.0 Å². The fourth-order valence-corrected chi connectivity index (χ4v) is 2.97. The van der Waals surface area contributed by atoms with Crippen LogP contribution in [0.3, 0.4) is 0 Å². The van der Waals surface area contributed by atoms with Gasteiger partial charge in [-0.1, -0.05) is 60.2 Å². The zero-order chi connectivity index (χ0) is 20.6. The van der Waals surface area contributed by atoms with Gasteiger partial charge in [0.15, 0.2) is 0 Å². The Morgan fingerprint density at radius 1 is 0.862 bits per heavy atom. The highest BCUT2D eigenvalue weighted by atomic mass is 16.2. The van der Waals surface area contributed by atoms with Crippen molar-refractivity contribution in [3.63, 3.8) is 0 Å². The lowest BCUT2D eigenvalue weighted by Crippen LogP contribution is -2.28. The van der Waals surface area contributed by atoms with Crippen LogP contribution in [0.15, 0.2) is 78.9 Å². The van der Waals surface area contributed by atoms with Crippen molar-refractivity contribution in [2.24, 2.45) is 0 Å². The molecule has 0 fully saturated rings. The Hall–Kier alpha value is -3.60. The van der Waals surface area contributed by atoms with E-state index in [-0.39, 0.29) is 11.9 Å². The molecule has 0 aliphatic carbocycles. The number of nitrogens with zero attached hydrogens (tertiary/aromatic N) is 1. The number of carbonyl (C=O) groups is 2. The predicted molar refractivity (Wildman–Crippen MR) is 117 cm³/mol. The molecule has 3 amide bonds. The molecule has 5 heteroatoms. The van der Waals surface area contributed by atoms with Crippen molar-refractivity contribution in [2.75, 3.05) is 17.3 Å². The highest BCUT2D eigenvalue weighted by Gasteiger charge is 2.11. The number of urea groups is 1. The quantitative estimate of drug-likeness (QED) is 0.653. The summed E-state index contributed by atoms with van der Waals surface area (Å²) in [6.07, 6.45) is 0.297. The molecule has 0 bridgehead atoms. The van der Waals surface area contributed by atoms with Gasteiger partial charge in [0.25, 0.3) is 0 Å². The van der Waals surface area contributed by atoms with Gasteiger partial charge in [0.2, 0.25) is 5.91 Å². The fraction of sp³-hybridized carbons (Fsp3) is 0.167. The van der Waals surface area contributed by atoms with Crippen LogP contribution < -0.4 is 15.5 Å². The van der Waals surface area contributed by atoms with Crippen LogP contribution in [0.5, 0.6) is 0 Å². The minimum Gasteiger partial charge on any atom is -0.334 e. The Morgan fingerprint density at radius 2 is 1.59 bits per heavy atom. The summed E-state index contributed by atoms with van der Waals surface area (Å²) in [5.74, 6) is 0.00723. The second-order valence-corrected chi connectivity index (χ2v) is 6.96. The van der Waals surface area contributed by atoms with E-state index in [9.17, 15) is 9.59 Å². The maximum Gasteiger partial charge on any atom is 0.319 e. The molecule has 29 heavy (non-hydrogen) atoms. The zero-order valence-electron chi connectivity index (χ0n) is 16.7. The van der Waals surface area contributed by atoms with Crippen LogP contribution in [0.25, 0.3) is 0 Å². The highest BCUT2D eigenvalue weighted by molar-refractivity contribution is 5.94. The number of hydrogen-bond acceptors (Lipinski definition) is 2. The largest absolute Gasteiger partial charge is 0.334 e. The van der Waals surface area contributed by atoms with Gasteiger partial charge in [-0.3, -0.25) is 4.79 Å². The van der Waals surface area contributed by atoms with Gasteiger partial charge in [0.1, 0.15) is 0 Å². The van der Waals surface area contributed by atoms with Crippen molar-refractivity contribution in [1.82, 2.24) is 5.32 Å². The second-order valence-electron chi connectivity index (χ2n) is 6.96. The van der Waals surface area contributed by atoms with E-state index in [1.807, 2.05) is 73.7 Å². The average molecular weight is 387 g/mol. The molecule has 2 N–H and O–H groups in total. The summed E-state index contributed by atoms with van der Waals surface area (Å²) in [4.78, 5) is 26.2. The molecular weight excluding hydrogens is 362 g/mol. The van der Waals surface area contributed by atoms with Crippen molar-refractivity contribution in [3.8, 4) is 0 Å². The third kappa shape index (κ3) is 5.94. The molecule has 0 saturated heterocycles. The molecule has 0 aromatic heterocycles. The van der Waals surface area contributed by atoms with E-state index in [1.165, 1.54) is 0 Å². The van der Waals surface area contributed by atoms with Gasteiger partial charge in [-0.2, -0.15) is 0 Å². The molecule has 3 aromatic rings. The first-order valence-corrected chi connectivity index (χ1v) is 9.52. The van der Waals surface area contributed by atoms with Crippen molar-refractivity contribution in [2.45, 2.75) is 19.9 Å². The van der Waals surface area contributed by atoms with Crippen LogP contribution in [0.1, 0.15) is 16.7 Å². The minimum absolute atomic E-state index is 0.00723.